The van der Waals surface area contributed by atoms with Gasteiger partial charge >= 0.3 is 0 Å². The smallest absolute Gasteiger partial charge is 0.275 e. The SMILES string of the molecule is O=C(c1n[nH]c2ccccc12)N1CCOC(c2cnccn2)C1. The number of amides is 1. The first-order chi connectivity index (χ1) is 11.3. The van der Waals surface area contributed by atoms with E-state index in [1.54, 1.807) is 23.5 Å². The van der Waals surface area contributed by atoms with Gasteiger partial charge in [-0.05, 0) is 6.07 Å². The molecule has 1 saturated heterocycles. The number of fused-ring (bicyclic) bond motifs is 1. The van der Waals surface area contributed by atoms with Crippen LogP contribution in [0.1, 0.15) is 22.3 Å². The van der Waals surface area contributed by atoms with Crippen molar-refractivity contribution in [2.45, 2.75) is 6.10 Å². The maximum atomic E-state index is 12.8. The number of carbonyl (C=O) groups is 1. The number of hydrogen-bond donors (Lipinski definition) is 1. The molecule has 0 radical (unpaired) electrons. The van der Waals surface area contributed by atoms with Gasteiger partial charge in [0.15, 0.2) is 5.69 Å². The average Bonchev–Trinajstić information content (AvgIpc) is 3.06. The van der Waals surface area contributed by atoms with E-state index in [1.807, 2.05) is 24.3 Å². The van der Waals surface area contributed by atoms with E-state index in [2.05, 4.69) is 20.2 Å². The lowest BCUT2D eigenvalue weighted by molar-refractivity contribution is -0.0250. The predicted molar refractivity (Wildman–Crippen MR) is 82.7 cm³/mol. The minimum absolute atomic E-state index is 0.0976. The summed E-state index contributed by atoms with van der Waals surface area (Å²) in [7, 11) is 0. The summed E-state index contributed by atoms with van der Waals surface area (Å²) in [6.07, 6.45) is 4.65. The van der Waals surface area contributed by atoms with Gasteiger partial charge in [0.05, 0.1) is 30.6 Å². The second-order valence-corrected chi connectivity index (χ2v) is 5.36. The fourth-order valence-corrected chi connectivity index (χ4v) is 2.77. The first kappa shape index (κ1) is 13.8. The van der Waals surface area contributed by atoms with Crippen molar-refractivity contribution in [2.75, 3.05) is 19.7 Å². The van der Waals surface area contributed by atoms with Crippen molar-refractivity contribution in [2.24, 2.45) is 0 Å². The first-order valence-corrected chi connectivity index (χ1v) is 7.43. The molecule has 7 heteroatoms. The zero-order valence-electron chi connectivity index (χ0n) is 12.3. The van der Waals surface area contributed by atoms with Gasteiger partial charge in [-0.15, -0.1) is 0 Å². The van der Waals surface area contributed by atoms with Crippen LogP contribution in [0.25, 0.3) is 10.9 Å². The van der Waals surface area contributed by atoms with E-state index in [-0.39, 0.29) is 12.0 Å². The Morgan fingerprint density at radius 3 is 3.09 bits per heavy atom. The number of hydrogen-bond acceptors (Lipinski definition) is 5. The Balaban J connectivity index is 1.59. The summed E-state index contributed by atoms with van der Waals surface area (Å²) in [5.74, 6) is -0.0976. The molecule has 1 N–H and O–H groups in total. The molecule has 1 atom stereocenters. The summed E-state index contributed by atoms with van der Waals surface area (Å²) < 4.78 is 5.72. The average molecular weight is 309 g/mol. The quantitative estimate of drug-likeness (QED) is 0.776. The number of nitrogens with one attached hydrogen (secondary N) is 1. The number of rotatable bonds is 2. The number of aromatic nitrogens is 4. The fourth-order valence-electron chi connectivity index (χ4n) is 2.77. The number of ether oxygens (including phenoxy) is 1. The van der Waals surface area contributed by atoms with Crippen LogP contribution in [0, 0.1) is 0 Å². The van der Waals surface area contributed by atoms with Crippen LogP contribution < -0.4 is 0 Å². The van der Waals surface area contributed by atoms with E-state index in [9.17, 15) is 4.79 Å². The van der Waals surface area contributed by atoms with Crippen LogP contribution in [0.15, 0.2) is 42.9 Å². The third kappa shape index (κ3) is 2.55. The number of morpholine rings is 1. The molecule has 1 amide bonds. The van der Waals surface area contributed by atoms with Gasteiger partial charge < -0.3 is 9.64 Å². The maximum absolute atomic E-state index is 12.8. The molecule has 0 spiro atoms. The Kier molecular flexibility index (Phi) is 3.47. The molecule has 1 aliphatic rings. The highest BCUT2D eigenvalue weighted by Crippen LogP contribution is 2.23. The normalized spacial score (nSPS) is 18.3. The van der Waals surface area contributed by atoms with Crippen LogP contribution in [0.4, 0.5) is 0 Å². The molecule has 1 unspecified atom stereocenters. The largest absolute Gasteiger partial charge is 0.368 e. The fraction of sp³-hybridized carbons (Fsp3) is 0.250. The molecule has 7 nitrogen and oxygen atoms in total. The molecule has 1 aliphatic heterocycles. The van der Waals surface area contributed by atoms with Crippen molar-refractivity contribution in [3.05, 3.63) is 54.2 Å². The van der Waals surface area contributed by atoms with Gasteiger partial charge in [0, 0.05) is 24.3 Å². The van der Waals surface area contributed by atoms with Gasteiger partial charge in [-0.1, -0.05) is 18.2 Å². The van der Waals surface area contributed by atoms with Gasteiger partial charge in [-0.25, -0.2) is 0 Å². The Morgan fingerprint density at radius 1 is 1.30 bits per heavy atom. The summed E-state index contributed by atoms with van der Waals surface area (Å²) in [6, 6.07) is 7.61. The summed E-state index contributed by atoms with van der Waals surface area (Å²) in [4.78, 5) is 22.9. The molecule has 4 rings (SSSR count). The molecular weight excluding hydrogens is 294 g/mol. The Morgan fingerprint density at radius 2 is 2.22 bits per heavy atom. The first-order valence-electron chi connectivity index (χ1n) is 7.43. The van der Waals surface area contributed by atoms with Crippen LogP contribution in [-0.4, -0.2) is 50.7 Å². The molecule has 23 heavy (non-hydrogen) atoms. The number of benzene rings is 1. The van der Waals surface area contributed by atoms with Crippen LogP contribution >= 0.6 is 0 Å². The van der Waals surface area contributed by atoms with E-state index in [4.69, 9.17) is 4.74 Å². The van der Waals surface area contributed by atoms with Gasteiger partial charge in [0.1, 0.15) is 6.10 Å². The summed E-state index contributed by atoms with van der Waals surface area (Å²) in [5.41, 5.74) is 2.03. The predicted octanol–water partition coefficient (Wildman–Crippen LogP) is 1.57. The molecule has 2 aromatic heterocycles. The van der Waals surface area contributed by atoms with Crippen LogP contribution in [-0.2, 0) is 4.74 Å². The Labute approximate surface area is 132 Å². The highest BCUT2D eigenvalue weighted by Gasteiger charge is 2.29. The Hall–Kier alpha value is -2.80. The van der Waals surface area contributed by atoms with Gasteiger partial charge in [-0.2, -0.15) is 5.10 Å². The Bertz CT molecular complexity index is 833. The highest BCUT2D eigenvalue weighted by molar-refractivity contribution is 6.04. The lowest BCUT2D eigenvalue weighted by atomic mass is 10.1. The van der Waals surface area contributed by atoms with E-state index >= 15 is 0 Å². The van der Waals surface area contributed by atoms with Crippen molar-refractivity contribution in [1.82, 2.24) is 25.1 Å². The van der Waals surface area contributed by atoms with Gasteiger partial charge in [0.2, 0.25) is 0 Å². The van der Waals surface area contributed by atoms with E-state index in [1.165, 1.54) is 0 Å². The molecule has 3 heterocycles. The molecule has 116 valence electrons. The summed E-state index contributed by atoms with van der Waals surface area (Å²) in [5, 5.41) is 7.92. The van der Waals surface area contributed by atoms with Crippen LogP contribution in [0.3, 0.4) is 0 Å². The number of para-hydroxylation sites is 1. The summed E-state index contributed by atoms with van der Waals surface area (Å²) >= 11 is 0. The molecule has 1 fully saturated rings. The lowest BCUT2D eigenvalue weighted by Gasteiger charge is -2.32. The molecular formula is C16H15N5O2. The zero-order chi connectivity index (χ0) is 15.6. The number of H-pyrrole nitrogens is 1. The van der Waals surface area contributed by atoms with E-state index < -0.39 is 0 Å². The van der Waals surface area contributed by atoms with E-state index in [0.717, 1.165) is 16.6 Å². The minimum atomic E-state index is -0.258. The maximum Gasteiger partial charge on any atom is 0.275 e. The number of carbonyl (C=O) groups excluding carboxylic acids is 1. The van der Waals surface area contributed by atoms with Gasteiger partial charge in [0.25, 0.3) is 5.91 Å². The third-order valence-corrected chi connectivity index (χ3v) is 3.94. The van der Waals surface area contributed by atoms with Gasteiger partial charge in [-0.3, -0.25) is 19.9 Å². The third-order valence-electron chi connectivity index (χ3n) is 3.94. The van der Waals surface area contributed by atoms with Crippen molar-refractivity contribution in [1.29, 1.82) is 0 Å². The van der Waals surface area contributed by atoms with Crippen molar-refractivity contribution >= 4 is 16.8 Å². The number of aromatic amines is 1. The van der Waals surface area contributed by atoms with Crippen LogP contribution in [0.2, 0.25) is 0 Å². The summed E-state index contributed by atoms with van der Waals surface area (Å²) in [6.45, 7) is 1.45. The molecule has 3 aromatic rings. The molecule has 1 aromatic carbocycles. The molecule has 0 saturated carbocycles. The van der Waals surface area contributed by atoms with Crippen LogP contribution in [0.5, 0.6) is 0 Å². The second kappa shape index (κ2) is 5.77. The highest BCUT2D eigenvalue weighted by atomic mass is 16.5. The zero-order valence-corrected chi connectivity index (χ0v) is 12.3. The van der Waals surface area contributed by atoms with Crippen molar-refractivity contribution in [3.63, 3.8) is 0 Å². The second-order valence-electron chi connectivity index (χ2n) is 5.36. The van der Waals surface area contributed by atoms with Crippen molar-refractivity contribution < 1.29 is 9.53 Å². The van der Waals surface area contributed by atoms with Crippen molar-refractivity contribution in [3.8, 4) is 0 Å². The number of nitrogens with zero attached hydrogens (tertiary/aromatic N) is 4. The standard InChI is InChI=1S/C16H15N5O2/c22-16(15-11-3-1-2-4-12(11)19-20-15)21-7-8-23-14(10-21)13-9-17-5-6-18-13/h1-6,9,14H,7-8,10H2,(H,19,20). The van der Waals surface area contributed by atoms with E-state index in [0.29, 0.717) is 25.4 Å². The monoisotopic (exact) mass is 309 g/mol. The molecule has 0 aliphatic carbocycles. The molecule has 0 bridgehead atoms. The lowest BCUT2D eigenvalue weighted by Crippen LogP contribution is -2.42. The minimum Gasteiger partial charge on any atom is -0.368 e. The topological polar surface area (TPSA) is 84.0 Å².